The summed E-state index contributed by atoms with van der Waals surface area (Å²) in [5.41, 5.74) is 0.689. The zero-order chi connectivity index (χ0) is 14.1. The first-order chi connectivity index (χ1) is 8.15. The van der Waals surface area contributed by atoms with Crippen LogP contribution in [0.3, 0.4) is 0 Å². The summed E-state index contributed by atoms with van der Waals surface area (Å²) < 4.78 is 32.3. The van der Waals surface area contributed by atoms with Crippen LogP contribution in [0, 0.1) is 6.92 Å². The van der Waals surface area contributed by atoms with Gasteiger partial charge in [-0.15, -0.1) is 0 Å². The molecule has 0 aromatic heterocycles. The molecule has 4 heteroatoms. The second-order valence-corrected chi connectivity index (χ2v) is 5.27. The average Bonchev–Trinajstić information content (AvgIpc) is 2.26. The Kier molecular flexibility index (Phi) is 4.01. The summed E-state index contributed by atoms with van der Waals surface area (Å²) >= 11 is 0. The van der Waals surface area contributed by atoms with Crippen LogP contribution < -0.4 is 4.74 Å². The lowest BCUT2D eigenvalue weighted by molar-refractivity contribution is 0.0147. The Morgan fingerprint density at radius 2 is 1.78 bits per heavy atom. The van der Waals surface area contributed by atoms with Crippen molar-refractivity contribution in [2.45, 2.75) is 39.0 Å². The summed E-state index contributed by atoms with van der Waals surface area (Å²) in [6, 6.07) is 3.02. The summed E-state index contributed by atoms with van der Waals surface area (Å²) in [4.78, 5) is 0. The molecule has 1 N–H and O–H groups in total. The van der Waals surface area contributed by atoms with Gasteiger partial charge in [-0.25, -0.2) is 8.78 Å². The maximum atomic E-state index is 13.6. The molecule has 0 aliphatic rings. The molecule has 0 fully saturated rings. The van der Waals surface area contributed by atoms with Crippen molar-refractivity contribution in [1.82, 2.24) is 0 Å². The van der Waals surface area contributed by atoms with Crippen LogP contribution in [0.15, 0.2) is 12.1 Å². The van der Waals surface area contributed by atoms with Crippen LogP contribution in [-0.2, 0) is 11.3 Å². The predicted octanol–water partition coefficient (Wildman–Crippen LogP) is 3.39. The number of hydrogen-bond donors (Lipinski definition) is 1. The second kappa shape index (κ2) is 4.84. The number of benzene rings is 1. The molecule has 18 heavy (non-hydrogen) atoms. The molecule has 0 amide bonds. The van der Waals surface area contributed by atoms with Gasteiger partial charge in [0.25, 0.3) is 5.92 Å². The first-order valence-corrected chi connectivity index (χ1v) is 5.82. The van der Waals surface area contributed by atoms with Crippen LogP contribution in [0.2, 0.25) is 0 Å². The third kappa shape index (κ3) is 2.64. The fourth-order valence-electron chi connectivity index (χ4n) is 2.16. The van der Waals surface area contributed by atoms with E-state index in [0.717, 1.165) is 12.5 Å². The van der Waals surface area contributed by atoms with Gasteiger partial charge in [-0.3, -0.25) is 0 Å². The zero-order valence-electron chi connectivity index (χ0n) is 11.5. The molecule has 0 aliphatic carbocycles. The number of ether oxygens (including phenoxy) is 1. The lowest BCUT2D eigenvalue weighted by atomic mass is 9.80. The van der Waals surface area contributed by atoms with Crippen molar-refractivity contribution in [2.75, 3.05) is 13.7 Å². The highest BCUT2D eigenvalue weighted by atomic mass is 19.3. The molecular weight excluding hydrogens is 238 g/mol. The largest absolute Gasteiger partial charge is 0.496 e. The number of methoxy groups -OCH3 is 1. The normalized spacial score (nSPS) is 12.7. The summed E-state index contributed by atoms with van der Waals surface area (Å²) in [6.45, 7) is 6.14. The Balaban J connectivity index is 3.60. The van der Waals surface area contributed by atoms with E-state index in [0.29, 0.717) is 5.56 Å². The number of aliphatic hydroxyl groups excluding tert-OH is 1. The van der Waals surface area contributed by atoms with Crippen molar-refractivity contribution >= 4 is 0 Å². The first-order valence-electron chi connectivity index (χ1n) is 5.82. The lowest BCUT2D eigenvalue weighted by Gasteiger charge is -2.29. The Morgan fingerprint density at radius 1 is 1.22 bits per heavy atom. The third-order valence-electron chi connectivity index (χ3n) is 3.12. The molecule has 0 aliphatic heterocycles. The fraction of sp³-hybridized carbons (Fsp3) is 0.571. The monoisotopic (exact) mass is 258 g/mol. The minimum absolute atomic E-state index is 0.136. The molecule has 0 spiro atoms. The number of halogens is 2. The van der Waals surface area contributed by atoms with E-state index >= 15 is 0 Å². The standard InChI is InChI=1S/C14H20F2O2/c1-9-6-7-10(14(4,15)16)12(18-5)11(9)13(2,3)8-17/h6-7,17H,8H2,1-5H3. The molecule has 1 rings (SSSR count). The molecule has 102 valence electrons. The van der Waals surface area contributed by atoms with Crippen molar-refractivity contribution in [2.24, 2.45) is 0 Å². The van der Waals surface area contributed by atoms with Crippen LogP contribution >= 0.6 is 0 Å². The molecule has 0 radical (unpaired) electrons. The van der Waals surface area contributed by atoms with E-state index in [-0.39, 0.29) is 17.9 Å². The zero-order valence-corrected chi connectivity index (χ0v) is 11.5. The highest BCUT2D eigenvalue weighted by Crippen LogP contribution is 2.42. The first kappa shape index (κ1) is 14.9. The topological polar surface area (TPSA) is 29.5 Å². The predicted molar refractivity (Wildman–Crippen MR) is 67.4 cm³/mol. The molecule has 0 saturated heterocycles. The molecule has 0 atom stereocenters. The molecular formula is C14H20F2O2. The van der Waals surface area contributed by atoms with Gasteiger partial charge in [0.2, 0.25) is 0 Å². The molecule has 1 aromatic rings. The van der Waals surface area contributed by atoms with Gasteiger partial charge in [-0.2, -0.15) is 0 Å². The summed E-state index contributed by atoms with van der Waals surface area (Å²) in [5.74, 6) is -2.80. The van der Waals surface area contributed by atoms with Gasteiger partial charge in [0.15, 0.2) is 0 Å². The smallest absolute Gasteiger partial charge is 0.274 e. The molecule has 0 unspecified atom stereocenters. The lowest BCUT2D eigenvalue weighted by Crippen LogP contribution is -2.25. The summed E-state index contributed by atoms with van der Waals surface area (Å²) in [7, 11) is 1.38. The van der Waals surface area contributed by atoms with Crippen LogP contribution in [0.25, 0.3) is 0 Å². The number of aryl methyl sites for hydroxylation is 1. The average molecular weight is 258 g/mol. The van der Waals surface area contributed by atoms with Crippen molar-refractivity contribution in [3.63, 3.8) is 0 Å². The highest BCUT2D eigenvalue weighted by Gasteiger charge is 2.34. The van der Waals surface area contributed by atoms with Gasteiger partial charge in [0.1, 0.15) is 5.75 Å². The van der Waals surface area contributed by atoms with Crippen LogP contribution in [0.4, 0.5) is 8.78 Å². The molecule has 1 aromatic carbocycles. The van der Waals surface area contributed by atoms with Crippen LogP contribution in [-0.4, -0.2) is 18.8 Å². The third-order valence-corrected chi connectivity index (χ3v) is 3.12. The van der Waals surface area contributed by atoms with E-state index in [9.17, 15) is 13.9 Å². The minimum Gasteiger partial charge on any atom is -0.496 e. The second-order valence-electron chi connectivity index (χ2n) is 5.27. The Labute approximate surface area is 107 Å². The van der Waals surface area contributed by atoms with E-state index in [1.165, 1.54) is 13.2 Å². The van der Waals surface area contributed by atoms with Gasteiger partial charge in [0, 0.05) is 17.9 Å². The number of alkyl halides is 2. The summed E-state index contributed by atoms with van der Waals surface area (Å²) in [5, 5.41) is 9.44. The van der Waals surface area contributed by atoms with Gasteiger partial charge < -0.3 is 9.84 Å². The number of hydrogen-bond acceptors (Lipinski definition) is 2. The van der Waals surface area contributed by atoms with E-state index in [1.807, 2.05) is 6.92 Å². The maximum absolute atomic E-state index is 13.6. The fourth-order valence-corrected chi connectivity index (χ4v) is 2.16. The van der Waals surface area contributed by atoms with Crippen LogP contribution in [0.1, 0.15) is 37.5 Å². The Hall–Kier alpha value is -1.16. The van der Waals surface area contributed by atoms with E-state index < -0.39 is 11.3 Å². The van der Waals surface area contributed by atoms with Gasteiger partial charge in [-0.05, 0) is 18.6 Å². The maximum Gasteiger partial charge on any atom is 0.274 e. The molecule has 0 heterocycles. The SMILES string of the molecule is COc1c(C(C)(F)F)ccc(C)c1C(C)(C)CO. The Morgan fingerprint density at radius 3 is 2.17 bits per heavy atom. The Bertz CT molecular complexity index is 434. The van der Waals surface area contributed by atoms with Crippen molar-refractivity contribution < 1.29 is 18.6 Å². The molecule has 2 nitrogen and oxygen atoms in total. The number of aliphatic hydroxyl groups is 1. The summed E-state index contributed by atoms with van der Waals surface area (Å²) in [6.07, 6.45) is 0. The highest BCUT2D eigenvalue weighted by molar-refractivity contribution is 5.51. The van der Waals surface area contributed by atoms with Crippen molar-refractivity contribution in [3.05, 3.63) is 28.8 Å². The van der Waals surface area contributed by atoms with E-state index in [4.69, 9.17) is 4.74 Å². The van der Waals surface area contributed by atoms with Crippen LogP contribution in [0.5, 0.6) is 5.75 Å². The van der Waals surface area contributed by atoms with Crippen molar-refractivity contribution in [3.8, 4) is 5.75 Å². The molecule has 0 bridgehead atoms. The molecule has 0 saturated carbocycles. The number of rotatable bonds is 4. The van der Waals surface area contributed by atoms with E-state index in [1.54, 1.807) is 19.9 Å². The quantitative estimate of drug-likeness (QED) is 0.897. The minimum atomic E-state index is -2.97. The van der Waals surface area contributed by atoms with Gasteiger partial charge in [0.05, 0.1) is 19.3 Å². The van der Waals surface area contributed by atoms with E-state index in [2.05, 4.69) is 0 Å². The van der Waals surface area contributed by atoms with Gasteiger partial charge >= 0.3 is 0 Å². The van der Waals surface area contributed by atoms with Gasteiger partial charge in [-0.1, -0.05) is 19.9 Å². The van der Waals surface area contributed by atoms with Crippen molar-refractivity contribution in [1.29, 1.82) is 0 Å².